The van der Waals surface area contributed by atoms with Crippen LogP contribution in [0, 0.1) is 0 Å². The van der Waals surface area contributed by atoms with Gasteiger partial charge >= 0.3 is 5.97 Å². The topological polar surface area (TPSA) is 91.0 Å². The summed E-state index contributed by atoms with van der Waals surface area (Å²) in [5.41, 5.74) is 5.07. The van der Waals surface area contributed by atoms with Crippen molar-refractivity contribution in [1.82, 2.24) is 4.90 Å². The number of hydrogen-bond acceptors (Lipinski definition) is 6. The van der Waals surface area contributed by atoms with Crippen LogP contribution < -0.4 is 15.5 Å². The number of amides is 2. The number of anilines is 3. The molecule has 8 heteroatoms. The number of fused-ring (bicyclic) bond motifs is 1. The number of rotatable bonds is 8. The largest absolute Gasteiger partial charge is 0.462 e. The number of carbonyl (C=O) groups excluding carboxylic acids is 3. The summed E-state index contributed by atoms with van der Waals surface area (Å²) < 4.78 is 5.09. The fourth-order valence-corrected chi connectivity index (χ4v) is 4.08. The first-order valence-corrected chi connectivity index (χ1v) is 12.0. The number of esters is 1. The van der Waals surface area contributed by atoms with Gasteiger partial charge in [0.05, 0.1) is 35.7 Å². The number of nitrogens with one attached hydrogen (secondary N) is 2. The standard InChI is InChI=1S/C29H30N4O4/c1-5-37-29(36)20-11-16-23-24(17-20)31-28(35)26(23)27(19-9-7-6-8-10-19)30-21-12-14-22(15-13-21)33(4)25(34)18-32(2)3/h6-17,30H,5,18H2,1-4H3,(H,31,35). The fraction of sp³-hybridized carbons (Fsp3) is 0.207. The van der Waals surface area contributed by atoms with Crippen molar-refractivity contribution >= 4 is 46.1 Å². The highest BCUT2D eigenvalue weighted by Gasteiger charge is 2.29. The molecule has 2 N–H and O–H groups in total. The summed E-state index contributed by atoms with van der Waals surface area (Å²) in [7, 11) is 5.45. The second-order valence-corrected chi connectivity index (χ2v) is 8.91. The average Bonchev–Trinajstić information content (AvgIpc) is 3.22. The van der Waals surface area contributed by atoms with Crippen LogP contribution in [0.1, 0.15) is 28.4 Å². The Morgan fingerprint density at radius 3 is 2.27 bits per heavy atom. The molecule has 0 fully saturated rings. The molecule has 0 saturated heterocycles. The molecule has 0 radical (unpaired) electrons. The van der Waals surface area contributed by atoms with Gasteiger partial charge in [0.2, 0.25) is 5.91 Å². The zero-order valence-electron chi connectivity index (χ0n) is 21.4. The van der Waals surface area contributed by atoms with E-state index in [1.165, 1.54) is 0 Å². The first-order valence-electron chi connectivity index (χ1n) is 12.0. The third-order valence-electron chi connectivity index (χ3n) is 5.94. The normalized spacial score (nSPS) is 13.6. The fourth-order valence-electron chi connectivity index (χ4n) is 4.08. The zero-order chi connectivity index (χ0) is 26.5. The lowest BCUT2D eigenvalue weighted by Crippen LogP contribution is -2.34. The number of nitrogens with zero attached hydrogens (tertiary/aromatic N) is 2. The van der Waals surface area contributed by atoms with Gasteiger partial charge < -0.3 is 25.2 Å². The number of likely N-dealkylation sites (N-methyl/N-ethyl adjacent to an activating group) is 2. The van der Waals surface area contributed by atoms with E-state index < -0.39 is 5.97 Å². The smallest absolute Gasteiger partial charge is 0.338 e. The highest BCUT2D eigenvalue weighted by atomic mass is 16.5. The molecule has 1 heterocycles. The van der Waals surface area contributed by atoms with Crippen molar-refractivity contribution in [2.75, 3.05) is 49.8 Å². The van der Waals surface area contributed by atoms with E-state index in [9.17, 15) is 14.4 Å². The summed E-state index contributed by atoms with van der Waals surface area (Å²) in [6.45, 7) is 2.33. The molecule has 0 saturated carbocycles. The Kier molecular flexibility index (Phi) is 7.69. The zero-order valence-corrected chi connectivity index (χ0v) is 21.4. The Morgan fingerprint density at radius 2 is 1.62 bits per heavy atom. The highest BCUT2D eigenvalue weighted by Crippen LogP contribution is 2.38. The molecule has 0 spiro atoms. The van der Waals surface area contributed by atoms with Crippen LogP contribution in [-0.2, 0) is 14.3 Å². The van der Waals surface area contributed by atoms with Gasteiger partial charge in [-0.2, -0.15) is 0 Å². The Balaban J connectivity index is 1.70. The monoisotopic (exact) mass is 498 g/mol. The van der Waals surface area contributed by atoms with E-state index in [4.69, 9.17) is 4.74 Å². The van der Waals surface area contributed by atoms with Crippen molar-refractivity contribution in [3.05, 3.63) is 89.5 Å². The van der Waals surface area contributed by atoms with Crippen molar-refractivity contribution in [3.8, 4) is 0 Å². The summed E-state index contributed by atoms with van der Waals surface area (Å²) >= 11 is 0. The minimum Gasteiger partial charge on any atom is -0.462 e. The van der Waals surface area contributed by atoms with E-state index in [-0.39, 0.29) is 18.4 Å². The minimum absolute atomic E-state index is 0.0146. The van der Waals surface area contributed by atoms with Crippen LogP contribution in [0.25, 0.3) is 11.3 Å². The van der Waals surface area contributed by atoms with Gasteiger partial charge in [-0.05, 0) is 63.0 Å². The SMILES string of the molecule is CCOC(=O)c1ccc2c(c1)NC(=O)C2=C(Nc1ccc(N(C)C(=O)CN(C)C)cc1)c1ccccc1. The summed E-state index contributed by atoms with van der Waals surface area (Å²) in [4.78, 5) is 41.2. The summed E-state index contributed by atoms with van der Waals surface area (Å²) in [6, 6.07) is 22.1. The molecule has 3 aromatic rings. The maximum absolute atomic E-state index is 13.2. The quantitative estimate of drug-likeness (QED) is 0.355. The Morgan fingerprint density at radius 1 is 0.919 bits per heavy atom. The Bertz CT molecular complexity index is 1350. The molecule has 190 valence electrons. The van der Waals surface area contributed by atoms with Crippen molar-refractivity contribution in [3.63, 3.8) is 0 Å². The van der Waals surface area contributed by atoms with Crippen molar-refractivity contribution in [2.24, 2.45) is 0 Å². The number of benzene rings is 3. The van der Waals surface area contributed by atoms with Gasteiger partial charge in [-0.15, -0.1) is 0 Å². The van der Waals surface area contributed by atoms with E-state index in [0.29, 0.717) is 34.6 Å². The van der Waals surface area contributed by atoms with Crippen molar-refractivity contribution in [1.29, 1.82) is 0 Å². The van der Waals surface area contributed by atoms with E-state index in [1.54, 1.807) is 37.1 Å². The summed E-state index contributed by atoms with van der Waals surface area (Å²) in [5, 5.41) is 6.29. The van der Waals surface area contributed by atoms with Crippen LogP contribution in [-0.4, -0.2) is 57.0 Å². The Labute approximate surface area is 216 Å². The number of carbonyl (C=O) groups is 3. The Hall–Kier alpha value is -4.43. The highest BCUT2D eigenvalue weighted by molar-refractivity contribution is 6.37. The average molecular weight is 499 g/mol. The van der Waals surface area contributed by atoms with Crippen LogP contribution in [0.15, 0.2) is 72.8 Å². The van der Waals surface area contributed by atoms with Crippen LogP contribution in [0.4, 0.5) is 17.1 Å². The molecule has 1 aliphatic rings. The molecule has 4 rings (SSSR count). The predicted molar refractivity (Wildman–Crippen MR) is 146 cm³/mol. The number of ether oxygens (including phenoxy) is 1. The molecule has 1 aliphatic heterocycles. The molecule has 0 aliphatic carbocycles. The molecule has 2 amide bonds. The number of hydrogen-bond donors (Lipinski definition) is 2. The molecule has 3 aromatic carbocycles. The second-order valence-electron chi connectivity index (χ2n) is 8.91. The van der Waals surface area contributed by atoms with E-state index >= 15 is 0 Å². The molecule has 0 aromatic heterocycles. The van der Waals surface area contributed by atoms with Gasteiger partial charge in [-0.1, -0.05) is 36.4 Å². The lowest BCUT2D eigenvalue weighted by atomic mass is 9.99. The predicted octanol–water partition coefficient (Wildman–Crippen LogP) is 4.32. The van der Waals surface area contributed by atoms with E-state index in [1.807, 2.05) is 73.6 Å². The maximum atomic E-state index is 13.2. The maximum Gasteiger partial charge on any atom is 0.338 e. The summed E-state index contributed by atoms with van der Waals surface area (Å²) in [6.07, 6.45) is 0. The van der Waals surface area contributed by atoms with Crippen LogP contribution in [0.5, 0.6) is 0 Å². The third kappa shape index (κ3) is 5.70. The van der Waals surface area contributed by atoms with Crippen LogP contribution in [0.2, 0.25) is 0 Å². The van der Waals surface area contributed by atoms with Gasteiger partial charge in [-0.3, -0.25) is 9.59 Å². The molecule has 0 bridgehead atoms. The van der Waals surface area contributed by atoms with Gasteiger partial charge in [0, 0.05) is 24.0 Å². The molecular weight excluding hydrogens is 468 g/mol. The molecule has 0 atom stereocenters. The summed E-state index contributed by atoms with van der Waals surface area (Å²) in [5.74, 6) is -0.722. The second kappa shape index (κ2) is 11.1. The lowest BCUT2D eigenvalue weighted by Gasteiger charge is -2.20. The third-order valence-corrected chi connectivity index (χ3v) is 5.94. The van der Waals surface area contributed by atoms with Gasteiger partial charge in [0.25, 0.3) is 5.91 Å². The van der Waals surface area contributed by atoms with E-state index in [0.717, 1.165) is 16.9 Å². The molecule has 0 unspecified atom stereocenters. The first kappa shape index (κ1) is 25.7. The molecule has 8 nitrogen and oxygen atoms in total. The van der Waals surface area contributed by atoms with Gasteiger partial charge in [0.1, 0.15) is 0 Å². The van der Waals surface area contributed by atoms with Crippen molar-refractivity contribution in [2.45, 2.75) is 6.92 Å². The van der Waals surface area contributed by atoms with Gasteiger partial charge in [0.15, 0.2) is 0 Å². The van der Waals surface area contributed by atoms with Gasteiger partial charge in [-0.25, -0.2) is 4.79 Å². The minimum atomic E-state index is -0.437. The van der Waals surface area contributed by atoms with E-state index in [2.05, 4.69) is 10.6 Å². The van der Waals surface area contributed by atoms with Crippen molar-refractivity contribution < 1.29 is 19.1 Å². The van der Waals surface area contributed by atoms with Crippen LogP contribution in [0.3, 0.4) is 0 Å². The van der Waals surface area contributed by atoms with Crippen LogP contribution >= 0.6 is 0 Å². The first-order chi connectivity index (χ1) is 17.8. The molecular formula is C29H30N4O4. The molecule has 37 heavy (non-hydrogen) atoms. The lowest BCUT2D eigenvalue weighted by molar-refractivity contribution is -0.119.